The van der Waals surface area contributed by atoms with Crippen LogP contribution < -0.4 is 20.1 Å². The van der Waals surface area contributed by atoms with E-state index in [4.69, 9.17) is 14.5 Å². The van der Waals surface area contributed by atoms with Crippen LogP contribution in [0.3, 0.4) is 0 Å². The van der Waals surface area contributed by atoms with Crippen molar-refractivity contribution in [2.75, 3.05) is 34.3 Å². The van der Waals surface area contributed by atoms with Crippen molar-refractivity contribution in [1.82, 2.24) is 15.5 Å². The quantitative estimate of drug-likeness (QED) is 0.464. The number of rotatable bonds is 10. The largest absolute Gasteiger partial charge is 0.493 e. The lowest BCUT2D eigenvalue weighted by atomic mass is 10.1. The van der Waals surface area contributed by atoms with E-state index in [0.29, 0.717) is 18.7 Å². The molecule has 0 aliphatic heterocycles. The number of benzene rings is 1. The molecule has 2 fully saturated rings. The summed E-state index contributed by atoms with van der Waals surface area (Å²) in [5.41, 5.74) is 1.07. The Morgan fingerprint density at radius 2 is 1.93 bits per heavy atom. The minimum absolute atomic E-state index is 0.291. The first-order valence-corrected chi connectivity index (χ1v) is 11.1. The minimum Gasteiger partial charge on any atom is -0.493 e. The fourth-order valence-electron chi connectivity index (χ4n) is 4.11. The van der Waals surface area contributed by atoms with E-state index in [1.54, 1.807) is 7.11 Å². The Balaban J connectivity index is 1.69. The summed E-state index contributed by atoms with van der Waals surface area (Å²) in [6, 6.07) is 6.63. The summed E-state index contributed by atoms with van der Waals surface area (Å²) in [5.74, 6) is 3.31. The van der Waals surface area contributed by atoms with Crippen LogP contribution in [0.2, 0.25) is 0 Å². The second-order valence-electron chi connectivity index (χ2n) is 8.42. The predicted octanol–water partition coefficient (Wildman–Crippen LogP) is 3.41. The van der Waals surface area contributed by atoms with E-state index in [-0.39, 0.29) is 0 Å². The normalized spacial score (nSPS) is 18.7. The monoisotopic (exact) mass is 402 g/mol. The number of hydrogen-bond acceptors (Lipinski definition) is 4. The van der Waals surface area contributed by atoms with Crippen LogP contribution in [0.4, 0.5) is 0 Å². The van der Waals surface area contributed by atoms with E-state index in [9.17, 15) is 0 Å². The van der Waals surface area contributed by atoms with Gasteiger partial charge in [0.15, 0.2) is 17.5 Å². The van der Waals surface area contributed by atoms with Crippen molar-refractivity contribution >= 4 is 5.96 Å². The van der Waals surface area contributed by atoms with E-state index >= 15 is 0 Å². The van der Waals surface area contributed by atoms with Gasteiger partial charge in [-0.15, -0.1) is 0 Å². The Kier molecular flexibility index (Phi) is 8.04. The van der Waals surface area contributed by atoms with Gasteiger partial charge >= 0.3 is 0 Å². The molecule has 6 nitrogen and oxygen atoms in total. The van der Waals surface area contributed by atoms with Gasteiger partial charge in [0.05, 0.1) is 19.8 Å². The molecule has 0 amide bonds. The summed E-state index contributed by atoms with van der Waals surface area (Å²) in [5, 5.41) is 6.92. The maximum atomic E-state index is 6.35. The topological polar surface area (TPSA) is 58.1 Å². The lowest BCUT2D eigenvalue weighted by molar-refractivity contribution is 0.198. The van der Waals surface area contributed by atoms with Crippen LogP contribution in [-0.4, -0.2) is 57.3 Å². The van der Waals surface area contributed by atoms with Crippen molar-refractivity contribution in [2.45, 2.75) is 64.1 Å². The van der Waals surface area contributed by atoms with Gasteiger partial charge in [-0.05, 0) is 71.5 Å². The predicted molar refractivity (Wildman–Crippen MR) is 119 cm³/mol. The Hall–Kier alpha value is -1.95. The number of guanidine groups is 1. The van der Waals surface area contributed by atoms with Gasteiger partial charge in [0.2, 0.25) is 0 Å². The molecule has 6 heteroatoms. The first-order valence-electron chi connectivity index (χ1n) is 11.1. The first kappa shape index (κ1) is 21.8. The average Bonchev–Trinajstić information content (AvgIpc) is 3.41. The number of para-hydroxylation sites is 1. The maximum Gasteiger partial charge on any atom is 0.191 e. The molecule has 0 heterocycles. The highest BCUT2D eigenvalue weighted by Gasteiger charge is 2.32. The molecule has 2 aliphatic rings. The second-order valence-corrected chi connectivity index (χ2v) is 8.42. The van der Waals surface area contributed by atoms with Crippen LogP contribution in [0.15, 0.2) is 23.2 Å². The Morgan fingerprint density at radius 1 is 1.17 bits per heavy atom. The summed E-state index contributed by atoms with van der Waals surface area (Å²) in [7, 11) is 6.03. The summed E-state index contributed by atoms with van der Waals surface area (Å²) >= 11 is 0. The molecule has 2 saturated carbocycles. The van der Waals surface area contributed by atoms with Crippen molar-refractivity contribution in [3.05, 3.63) is 23.8 Å². The standard InChI is InChI=1S/C23H38N4O2/c1-5-24-23(26-16-20(27(2)3)17-13-14-17)25-15-18-9-8-12-21(28-4)22(18)29-19-10-6-7-11-19/h8-9,12,17,19-20H,5-7,10-11,13-16H2,1-4H3,(H2,24,25,26). The lowest BCUT2D eigenvalue weighted by Gasteiger charge is -2.25. The number of likely N-dealkylation sites (N-methyl/N-ethyl adjacent to an activating group) is 1. The van der Waals surface area contributed by atoms with Crippen LogP contribution in [0.25, 0.3) is 0 Å². The highest BCUT2D eigenvalue weighted by Crippen LogP contribution is 2.35. The lowest BCUT2D eigenvalue weighted by Crippen LogP contribution is -2.46. The zero-order valence-electron chi connectivity index (χ0n) is 18.5. The molecule has 0 saturated heterocycles. The summed E-state index contributed by atoms with van der Waals surface area (Å²) in [6.07, 6.45) is 7.70. The maximum absolute atomic E-state index is 6.35. The Morgan fingerprint density at radius 3 is 2.55 bits per heavy atom. The molecule has 0 spiro atoms. The van der Waals surface area contributed by atoms with Crippen molar-refractivity contribution in [1.29, 1.82) is 0 Å². The third-order valence-electron chi connectivity index (χ3n) is 5.93. The number of nitrogens with zero attached hydrogens (tertiary/aromatic N) is 2. The van der Waals surface area contributed by atoms with Crippen LogP contribution in [0, 0.1) is 5.92 Å². The molecule has 2 N–H and O–H groups in total. The molecule has 162 valence electrons. The zero-order valence-corrected chi connectivity index (χ0v) is 18.5. The zero-order chi connectivity index (χ0) is 20.6. The van der Waals surface area contributed by atoms with Gasteiger partial charge in [0.25, 0.3) is 0 Å². The average molecular weight is 403 g/mol. The van der Waals surface area contributed by atoms with Gasteiger partial charge in [-0.1, -0.05) is 12.1 Å². The summed E-state index contributed by atoms with van der Waals surface area (Å²) in [6.45, 7) is 4.41. The number of ether oxygens (including phenoxy) is 2. The Bertz CT molecular complexity index is 665. The van der Waals surface area contributed by atoms with E-state index in [0.717, 1.165) is 54.9 Å². The van der Waals surface area contributed by atoms with Gasteiger partial charge in [-0.2, -0.15) is 0 Å². The first-order chi connectivity index (χ1) is 14.1. The van der Waals surface area contributed by atoms with Crippen LogP contribution in [-0.2, 0) is 6.54 Å². The van der Waals surface area contributed by atoms with Gasteiger partial charge in [-0.25, -0.2) is 4.99 Å². The molecule has 29 heavy (non-hydrogen) atoms. The molecule has 0 aromatic heterocycles. The highest BCUT2D eigenvalue weighted by atomic mass is 16.5. The molecule has 0 radical (unpaired) electrons. The minimum atomic E-state index is 0.291. The highest BCUT2D eigenvalue weighted by molar-refractivity contribution is 5.79. The van der Waals surface area contributed by atoms with E-state index in [2.05, 4.69) is 42.6 Å². The van der Waals surface area contributed by atoms with Gasteiger partial charge < -0.3 is 25.0 Å². The fraction of sp³-hybridized carbons (Fsp3) is 0.696. The molecule has 1 aromatic carbocycles. The number of nitrogens with one attached hydrogen (secondary N) is 2. The van der Waals surface area contributed by atoms with Crippen molar-refractivity contribution in [2.24, 2.45) is 10.9 Å². The van der Waals surface area contributed by atoms with Gasteiger partial charge in [0, 0.05) is 24.7 Å². The second kappa shape index (κ2) is 10.7. The van der Waals surface area contributed by atoms with E-state index < -0.39 is 0 Å². The molecular formula is C23H38N4O2. The van der Waals surface area contributed by atoms with Gasteiger partial charge in [0.1, 0.15) is 0 Å². The summed E-state index contributed by atoms with van der Waals surface area (Å²) in [4.78, 5) is 7.17. The van der Waals surface area contributed by atoms with E-state index in [1.807, 2.05) is 12.1 Å². The molecule has 3 rings (SSSR count). The third-order valence-corrected chi connectivity index (χ3v) is 5.93. The van der Waals surface area contributed by atoms with E-state index in [1.165, 1.54) is 25.7 Å². The Labute approximate surface area is 176 Å². The molecule has 2 aliphatic carbocycles. The molecule has 1 unspecified atom stereocenters. The van der Waals surface area contributed by atoms with Crippen LogP contribution in [0.5, 0.6) is 11.5 Å². The SMILES string of the molecule is CCNC(=NCc1cccc(OC)c1OC1CCCC1)NCC(C1CC1)N(C)C. The van der Waals surface area contributed by atoms with Crippen LogP contribution in [0.1, 0.15) is 51.0 Å². The van der Waals surface area contributed by atoms with Crippen molar-refractivity contribution in [3.8, 4) is 11.5 Å². The number of methoxy groups -OCH3 is 1. The summed E-state index contributed by atoms with van der Waals surface area (Å²) < 4.78 is 11.9. The van der Waals surface area contributed by atoms with Crippen molar-refractivity contribution < 1.29 is 9.47 Å². The molecule has 0 bridgehead atoms. The third kappa shape index (κ3) is 6.26. The number of aliphatic imine (C=N–C) groups is 1. The molecular weight excluding hydrogens is 364 g/mol. The molecule has 1 atom stereocenters. The van der Waals surface area contributed by atoms with Gasteiger partial charge in [-0.3, -0.25) is 0 Å². The number of hydrogen-bond donors (Lipinski definition) is 2. The van der Waals surface area contributed by atoms with Crippen LogP contribution >= 0.6 is 0 Å². The fourth-order valence-corrected chi connectivity index (χ4v) is 4.11. The molecule has 1 aromatic rings. The smallest absolute Gasteiger partial charge is 0.191 e. The van der Waals surface area contributed by atoms with Crippen molar-refractivity contribution in [3.63, 3.8) is 0 Å².